The summed E-state index contributed by atoms with van der Waals surface area (Å²) in [5.74, 6) is -0.289. The first-order valence-corrected chi connectivity index (χ1v) is 29.5. The lowest BCUT2D eigenvalue weighted by molar-refractivity contribution is -0.147. The Kier molecular flexibility index (Phi) is 19.3. The van der Waals surface area contributed by atoms with Crippen LogP contribution >= 0.6 is 0 Å². The average molecular weight is 1160 g/mol. The molecule has 1 aliphatic carbocycles. The number of nitrogens with zero attached hydrogens (tertiary/aromatic N) is 2. The zero-order valence-corrected chi connectivity index (χ0v) is 52.4. The molecule has 450 valence electrons. The maximum atomic E-state index is 14.3. The lowest BCUT2D eigenvalue weighted by Gasteiger charge is -2.29. The van der Waals surface area contributed by atoms with Crippen LogP contribution in [0.5, 0.6) is 23.0 Å². The maximum Gasteiger partial charge on any atom is 0.344 e. The molecule has 0 spiro atoms. The minimum atomic E-state index is -0.592. The van der Waals surface area contributed by atoms with Crippen LogP contribution in [0, 0.1) is 0 Å². The van der Waals surface area contributed by atoms with Gasteiger partial charge in [0.2, 0.25) is 0 Å². The average Bonchev–Trinajstić information content (AvgIpc) is 1.69. The third kappa shape index (κ3) is 15.5. The van der Waals surface area contributed by atoms with E-state index in [1.807, 2.05) is 30.3 Å². The van der Waals surface area contributed by atoms with Crippen molar-refractivity contribution in [3.63, 3.8) is 0 Å². The number of carbonyl (C=O) groups is 4. The zero-order valence-electron chi connectivity index (χ0n) is 52.4. The van der Waals surface area contributed by atoms with Crippen molar-refractivity contribution < 1.29 is 57.1 Å². The van der Waals surface area contributed by atoms with Gasteiger partial charge in [-0.2, -0.15) is 0 Å². The summed E-state index contributed by atoms with van der Waals surface area (Å²) in [4.78, 5) is 63.7. The Bertz CT molecular complexity index is 3490. The Morgan fingerprint density at radius 3 is 1.00 bits per heavy atom. The second-order valence-corrected chi connectivity index (χ2v) is 25.9. The molecule has 0 atom stereocenters. The first kappa shape index (κ1) is 63.0. The fourth-order valence-electron chi connectivity index (χ4n) is 10.6. The molecule has 14 heteroatoms. The molecule has 7 aromatic rings. The van der Waals surface area contributed by atoms with Gasteiger partial charge < -0.3 is 37.9 Å². The summed E-state index contributed by atoms with van der Waals surface area (Å²) < 4.78 is 49.6. The molecular formula is C71H84N2O12. The van der Waals surface area contributed by atoms with Crippen LogP contribution in [-0.4, -0.2) is 80.1 Å². The van der Waals surface area contributed by atoms with Crippen molar-refractivity contribution in [3.8, 4) is 23.0 Å². The van der Waals surface area contributed by atoms with Gasteiger partial charge in [-0.05, 0) is 121 Å². The van der Waals surface area contributed by atoms with Crippen LogP contribution in [0.25, 0.3) is 21.8 Å². The van der Waals surface area contributed by atoms with E-state index < -0.39 is 35.9 Å². The molecule has 0 aliphatic heterocycles. The largest absolute Gasteiger partial charge is 0.481 e. The Morgan fingerprint density at radius 2 is 0.694 bits per heavy atom. The molecule has 0 amide bonds. The molecular weight excluding hydrogens is 1070 g/mol. The van der Waals surface area contributed by atoms with Crippen LogP contribution in [0.2, 0.25) is 0 Å². The maximum absolute atomic E-state index is 14.3. The van der Waals surface area contributed by atoms with Crippen LogP contribution in [0.4, 0.5) is 0 Å². The fraction of sp³-hybridized carbons (Fsp3) is 0.437. The Labute approximate surface area is 501 Å². The van der Waals surface area contributed by atoms with Crippen LogP contribution in [-0.2, 0) is 92.1 Å². The van der Waals surface area contributed by atoms with E-state index in [1.54, 1.807) is 33.2 Å². The highest BCUT2D eigenvalue weighted by Gasteiger charge is 2.31. The number of rotatable bonds is 17. The summed E-state index contributed by atoms with van der Waals surface area (Å²) in [7, 11) is 0. The molecule has 1 aliphatic rings. The number of pyridine rings is 2. The van der Waals surface area contributed by atoms with E-state index in [4.69, 9.17) is 37.9 Å². The van der Waals surface area contributed by atoms with Crippen molar-refractivity contribution in [1.82, 2.24) is 9.97 Å². The van der Waals surface area contributed by atoms with Crippen molar-refractivity contribution in [2.75, 3.05) is 46.2 Å². The van der Waals surface area contributed by atoms with Crippen molar-refractivity contribution in [1.29, 1.82) is 0 Å². The molecule has 2 heterocycles. The molecule has 0 unspecified atom stereocenters. The van der Waals surface area contributed by atoms with Crippen LogP contribution < -0.4 is 18.9 Å². The first-order chi connectivity index (χ1) is 40.1. The van der Waals surface area contributed by atoms with Gasteiger partial charge in [0.15, 0.2) is 26.4 Å². The van der Waals surface area contributed by atoms with Gasteiger partial charge in [0.05, 0.1) is 30.9 Å². The highest BCUT2D eigenvalue weighted by atomic mass is 16.6. The lowest BCUT2D eigenvalue weighted by atomic mass is 9.79. The van der Waals surface area contributed by atoms with Crippen molar-refractivity contribution in [2.45, 2.75) is 158 Å². The summed E-state index contributed by atoms with van der Waals surface area (Å²) in [6.07, 6.45) is 4.36. The number of ether oxygens (including phenoxy) is 8. The van der Waals surface area contributed by atoms with Crippen LogP contribution in [0.15, 0.2) is 91.3 Å². The van der Waals surface area contributed by atoms with Gasteiger partial charge in [-0.3, -0.25) is 9.97 Å². The number of aromatic nitrogens is 2. The summed E-state index contributed by atoms with van der Waals surface area (Å²) in [6.45, 7) is 30.0. The Hall–Kier alpha value is -8.00. The standard InChI is InChI=1S/C71H84N2O12/c1-16-78-58(74)39-82-64-45-26-47-32-54(69(7,8)9)34-49(65(47)83-40-59(75)79-17-2)28-51-36-56(71(13,14)15)37-52(67(51)85-42-61(77)81-38-44-23-25-73-63-57(44)22-21-43-20-19-24-72-62(43)63)29-50-35-55(70(10,11)12)33-48(66(50)84-41-60(76)80-18-3)27-46(64)31-53(30-45)68(4,5)6/h19-25,30-37H,16-18,26-29,38-42H2,1-15H3. The molecule has 8 rings (SSSR count). The van der Waals surface area contributed by atoms with Gasteiger partial charge in [-0.1, -0.05) is 150 Å². The summed E-state index contributed by atoms with van der Waals surface area (Å²) >= 11 is 0. The van der Waals surface area contributed by atoms with Gasteiger partial charge in [0.25, 0.3) is 0 Å². The number of hydrogen-bond acceptors (Lipinski definition) is 14. The highest BCUT2D eigenvalue weighted by molar-refractivity contribution is 6.03. The van der Waals surface area contributed by atoms with E-state index in [-0.39, 0.29) is 88.2 Å². The minimum absolute atomic E-state index is 0.0375. The number of fused-ring (bicyclic) bond motifs is 11. The quantitative estimate of drug-likeness (QED) is 0.0480. The van der Waals surface area contributed by atoms with Crippen molar-refractivity contribution in [2.24, 2.45) is 0 Å². The first-order valence-electron chi connectivity index (χ1n) is 29.5. The topological polar surface area (TPSA) is 168 Å². The molecule has 0 saturated heterocycles. The van der Waals surface area contributed by atoms with E-state index in [0.717, 1.165) is 88.6 Å². The molecule has 0 fully saturated rings. The molecule has 2 aromatic heterocycles. The molecule has 0 saturated carbocycles. The number of hydrogen-bond donors (Lipinski definition) is 0. The molecule has 0 radical (unpaired) electrons. The van der Waals surface area contributed by atoms with Gasteiger partial charge in [0.1, 0.15) is 29.6 Å². The van der Waals surface area contributed by atoms with E-state index in [1.165, 1.54) is 0 Å². The lowest BCUT2D eigenvalue weighted by Crippen LogP contribution is -2.21. The second kappa shape index (κ2) is 26.1. The summed E-state index contributed by atoms with van der Waals surface area (Å²) in [6, 6.07) is 26.7. The normalized spacial score (nSPS) is 12.8. The van der Waals surface area contributed by atoms with Gasteiger partial charge in [-0.25, -0.2) is 19.2 Å². The molecule has 85 heavy (non-hydrogen) atoms. The molecule has 5 aromatic carbocycles. The SMILES string of the molecule is CCOC(=O)COc1c2cc(C(C)(C)C)cc1Cc1cc(C(C)(C)C)cc(c1OCC(=O)OCC)Cc1cc(C(C)(C)C)cc(c1OCC(=O)OCc1ccnc3c1ccc1cccnc13)Cc1cc(C(C)(C)C)cc(c1OCC(=O)OCC)C2. The molecule has 8 bridgehead atoms. The zero-order chi connectivity index (χ0) is 61.6. The Balaban J connectivity index is 1.40. The number of carbonyl (C=O) groups excluding carboxylic acids is 4. The minimum Gasteiger partial charge on any atom is -0.481 e. The molecule has 0 N–H and O–H groups in total. The number of benzene rings is 5. The third-order valence-electron chi connectivity index (χ3n) is 15.2. The van der Waals surface area contributed by atoms with Crippen molar-refractivity contribution in [3.05, 3.63) is 164 Å². The van der Waals surface area contributed by atoms with E-state index >= 15 is 0 Å². The fourth-order valence-corrected chi connectivity index (χ4v) is 10.6. The molecule has 14 nitrogen and oxygen atoms in total. The predicted molar refractivity (Wildman–Crippen MR) is 331 cm³/mol. The monoisotopic (exact) mass is 1160 g/mol. The van der Waals surface area contributed by atoms with Gasteiger partial charge in [-0.15, -0.1) is 0 Å². The van der Waals surface area contributed by atoms with E-state index in [9.17, 15) is 19.2 Å². The Morgan fingerprint density at radius 1 is 0.388 bits per heavy atom. The van der Waals surface area contributed by atoms with E-state index in [0.29, 0.717) is 28.5 Å². The third-order valence-corrected chi connectivity index (χ3v) is 15.2. The van der Waals surface area contributed by atoms with Crippen molar-refractivity contribution >= 4 is 45.7 Å². The van der Waals surface area contributed by atoms with Crippen LogP contribution in [0.1, 0.15) is 176 Å². The van der Waals surface area contributed by atoms with Gasteiger partial charge in [0, 0.05) is 54.4 Å². The summed E-state index contributed by atoms with van der Waals surface area (Å²) in [5, 5.41) is 1.77. The second-order valence-electron chi connectivity index (χ2n) is 25.9. The highest BCUT2D eigenvalue weighted by Crippen LogP contribution is 2.45. The van der Waals surface area contributed by atoms with Crippen LogP contribution in [0.3, 0.4) is 0 Å². The smallest absolute Gasteiger partial charge is 0.344 e. The van der Waals surface area contributed by atoms with Gasteiger partial charge >= 0.3 is 23.9 Å². The predicted octanol–water partition coefficient (Wildman–Crippen LogP) is 13.6. The number of esters is 4. The van der Waals surface area contributed by atoms with E-state index in [2.05, 4.69) is 142 Å². The summed E-state index contributed by atoms with van der Waals surface area (Å²) in [5.41, 5.74) is 10.8.